The van der Waals surface area contributed by atoms with Crippen molar-refractivity contribution in [1.29, 1.82) is 0 Å². The van der Waals surface area contributed by atoms with Crippen molar-refractivity contribution >= 4 is 0 Å². The molecule has 0 fully saturated rings. The largest absolute Gasteiger partial charge is 0.434 e. The molecule has 0 saturated carbocycles. The van der Waals surface area contributed by atoms with E-state index in [1.54, 1.807) is 12.1 Å². The number of nitrogens with one attached hydrogen (secondary N) is 1. The van der Waals surface area contributed by atoms with Gasteiger partial charge in [-0.1, -0.05) is 29.8 Å². The number of hydrogen-bond donors (Lipinski definition) is 1. The van der Waals surface area contributed by atoms with Crippen molar-refractivity contribution in [1.82, 2.24) is 5.32 Å². The predicted octanol–water partition coefficient (Wildman–Crippen LogP) is 4.27. The molecule has 2 nitrogen and oxygen atoms in total. The summed E-state index contributed by atoms with van der Waals surface area (Å²) in [4.78, 5) is 0. The summed E-state index contributed by atoms with van der Waals surface area (Å²) < 4.78 is 29.1. The van der Waals surface area contributed by atoms with Crippen molar-refractivity contribution in [3.05, 3.63) is 41.5 Å². The van der Waals surface area contributed by atoms with Crippen molar-refractivity contribution in [3.63, 3.8) is 0 Å². The van der Waals surface area contributed by atoms with E-state index in [9.17, 15) is 8.78 Å². The van der Waals surface area contributed by atoms with Crippen LogP contribution in [-0.2, 0) is 6.54 Å². The van der Waals surface area contributed by atoms with Gasteiger partial charge in [0.15, 0.2) is 0 Å². The highest BCUT2D eigenvalue weighted by molar-refractivity contribution is 5.33. The monoisotopic (exact) mass is 281 g/mol. The Morgan fingerprint density at radius 2 is 2.05 bits per heavy atom. The van der Waals surface area contributed by atoms with Gasteiger partial charge in [-0.3, -0.25) is 0 Å². The summed E-state index contributed by atoms with van der Waals surface area (Å²) in [6.45, 7) is -1.35. The number of allylic oxidation sites excluding steroid dienone is 1. The maximum atomic E-state index is 12.3. The third-order valence-electron chi connectivity index (χ3n) is 3.51. The topological polar surface area (TPSA) is 21.3 Å². The van der Waals surface area contributed by atoms with Gasteiger partial charge < -0.3 is 10.1 Å². The number of halogens is 2. The summed E-state index contributed by atoms with van der Waals surface area (Å²) in [7, 11) is 0. The van der Waals surface area contributed by atoms with Gasteiger partial charge in [0.05, 0.1) is 0 Å². The zero-order valence-electron chi connectivity index (χ0n) is 11.6. The molecule has 1 aromatic rings. The lowest BCUT2D eigenvalue weighted by Crippen LogP contribution is -2.17. The van der Waals surface area contributed by atoms with Crippen LogP contribution < -0.4 is 10.1 Å². The average Bonchev–Trinajstić information content (AvgIpc) is 2.46. The number of ether oxygens (including phenoxy) is 1. The van der Waals surface area contributed by atoms with Crippen LogP contribution in [0.5, 0.6) is 5.75 Å². The highest BCUT2D eigenvalue weighted by atomic mass is 19.3. The fraction of sp³-hybridized carbons (Fsp3) is 0.500. The Balaban J connectivity index is 1.77. The second-order valence-electron chi connectivity index (χ2n) is 5.02. The number of benzene rings is 1. The minimum Gasteiger partial charge on any atom is -0.434 e. The Morgan fingerprint density at radius 3 is 2.80 bits per heavy atom. The summed E-state index contributed by atoms with van der Waals surface area (Å²) in [5.41, 5.74) is 2.28. The van der Waals surface area contributed by atoms with E-state index in [1.165, 1.54) is 31.3 Å². The lowest BCUT2D eigenvalue weighted by atomic mass is 9.97. The Hall–Kier alpha value is -1.42. The van der Waals surface area contributed by atoms with Gasteiger partial charge >= 0.3 is 6.61 Å². The zero-order chi connectivity index (χ0) is 14.2. The van der Waals surface area contributed by atoms with Gasteiger partial charge in [0.1, 0.15) is 5.75 Å². The molecule has 1 aromatic carbocycles. The van der Waals surface area contributed by atoms with E-state index in [2.05, 4.69) is 16.1 Å². The highest BCUT2D eigenvalue weighted by Gasteiger charge is 2.08. The van der Waals surface area contributed by atoms with Crippen LogP contribution in [0, 0.1) is 0 Å². The van der Waals surface area contributed by atoms with Crippen LogP contribution in [-0.4, -0.2) is 13.2 Å². The fourth-order valence-corrected chi connectivity index (χ4v) is 2.46. The first-order valence-electron chi connectivity index (χ1n) is 7.17. The molecule has 0 radical (unpaired) electrons. The van der Waals surface area contributed by atoms with Crippen molar-refractivity contribution in [2.75, 3.05) is 6.54 Å². The van der Waals surface area contributed by atoms with Gasteiger partial charge in [0.2, 0.25) is 0 Å². The van der Waals surface area contributed by atoms with Gasteiger partial charge in [0, 0.05) is 12.1 Å². The second-order valence-corrected chi connectivity index (χ2v) is 5.02. The summed E-state index contributed by atoms with van der Waals surface area (Å²) in [6.07, 6.45) is 8.36. The smallest absolute Gasteiger partial charge is 0.387 e. The normalized spacial score (nSPS) is 15.2. The molecule has 110 valence electrons. The molecule has 1 aliphatic rings. The molecule has 0 atom stereocenters. The second kappa shape index (κ2) is 8.00. The Kier molecular flexibility index (Phi) is 5.99. The van der Waals surface area contributed by atoms with Crippen molar-refractivity contribution in [3.8, 4) is 5.75 Å². The zero-order valence-corrected chi connectivity index (χ0v) is 11.6. The maximum absolute atomic E-state index is 12.3. The highest BCUT2D eigenvalue weighted by Crippen LogP contribution is 2.21. The molecule has 0 aliphatic heterocycles. The van der Waals surface area contributed by atoms with Crippen LogP contribution >= 0.6 is 0 Å². The first kappa shape index (κ1) is 15.0. The molecule has 0 bridgehead atoms. The summed E-state index contributed by atoms with van der Waals surface area (Å²) in [6, 6.07) is 6.92. The molecule has 0 unspecified atom stereocenters. The SMILES string of the molecule is FC(F)Oc1ccccc1CNCCC1=CCCCC1. The summed E-state index contributed by atoms with van der Waals surface area (Å²) >= 11 is 0. The summed E-state index contributed by atoms with van der Waals surface area (Å²) in [5.74, 6) is 0.256. The van der Waals surface area contributed by atoms with Gasteiger partial charge in [-0.15, -0.1) is 0 Å². The van der Waals surface area contributed by atoms with Crippen molar-refractivity contribution in [2.24, 2.45) is 0 Å². The Morgan fingerprint density at radius 1 is 1.20 bits per heavy atom. The van der Waals surface area contributed by atoms with Gasteiger partial charge in [0.25, 0.3) is 0 Å². The van der Waals surface area contributed by atoms with Crippen molar-refractivity contribution < 1.29 is 13.5 Å². The molecule has 0 amide bonds. The lowest BCUT2D eigenvalue weighted by Gasteiger charge is -2.14. The number of rotatable bonds is 7. The molecule has 2 rings (SSSR count). The molecule has 0 aromatic heterocycles. The maximum Gasteiger partial charge on any atom is 0.387 e. The molecule has 1 aliphatic carbocycles. The molecule has 0 heterocycles. The molecule has 1 N–H and O–H groups in total. The minimum atomic E-state index is -2.77. The van der Waals surface area contributed by atoms with E-state index in [1.807, 2.05) is 12.1 Å². The van der Waals surface area contributed by atoms with E-state index in [4.69, 9.17) is 0 Å². The summed E-state index contributed by atoms with van der Waals surface area (Å²) in [5, 5.41) is 3.30. The number of para-hydroxylation sites is 1. The quantitative estimate of drug-likeness (QED) is 0.595. The van der Waals surface area contributed by atoms with Crippen LogP contribution in [0.1, 0.15) is 37.7 Å². The number of hydrogen-bond acceptors (Lipinski definition) is 2. The lowest BCUT2D eigenvalue weighted by molar-refractivity contribution is -0.0504. The van der Waals surface area contributed by atoms with Gasteiger partial charge in [-0.05, 0) is 44.7 Å². The van der Waals surface area contributed by atoms with E-state index in [-0.39, 0.29) is 5.75 Å². The van der Waals surface area contributed by atoms with E-state index < -0.39 is 6.61 Å². The number of alkyl halides is 2. The first-order chi connectivity index (χ1) is 9.75. The molecular weight excluding hydrogens is 260 g/mol. The van der Waals surface area contributed by atoms with E-state index >= 15 is 0 Å². The third kappa shape index (κ3) is 4.93. The predicted molar refractivity (Wildman–Crippen MR) is 75.9 cm³/mol. The molecular formula is C16H21F2NO. The van der Waals surface area contributed by atoms with Crippen LogP contribution in [0.3, 0.4) is 0 Å². The van der Waals surface area contributed by atoms with Crippen LogP contribution in [0.25, 0.3) is 0 Å². The van der Waals surface area contributed by atoms with Crippen LogP contribution in [0.15, 0.2) is 35.9 Å². The molecule has 4 heteroatoms. The molecule has 20 heavy (non-hydrogen) atoms. The van der Waals surface area contributed by atoms with Gasteiger partial charge in [-0.25, -0.2) is 0 Å². The van der Waals surface area contributed by atoms with Crippen molar-refractivity contribution in [2.45, 2.75) is 45.3 Å². The van der Waals surface area contributed by atoms with E-state index in [0.717, 1.165) is 18.5 Å². The average molecular weight is 281 g/mol. The first-order valence-corrected chi connectivity index (χ1v) is 7.17. The van der Waals surface area contributed by atoms with E-state index in [0.29, 0.717) is 6.54 Å². The van der Waals surface area contributed by atoms with Crippen LogP contribution in [0.2, 0.25) is 0 Å². The third-order valence-corrected chi connectivity index (χ3v) is 3.51. The Bertz CT molecular complexity index is 446. The molecule has 0 saturated heterocycles. The van der Waals surface area contributed by atoms with Gasteiger partial charge in [-0.2, -0.15) is 8.78 Å². The standard InChI is InChI=1S/C16H21F2NO/c17-16(18)20-15-9-5-4-8-14(15)12-19-11-10-13-6-2-1-3-7-13/h4-6,8-9,16,19H,1-3,7,10-12H2. The Labute approximate surface area is 118 Å². The molecule has 0 spiro atoms. The fourth-order valence-electron chi connectivity index (χ4n) is 2.46. The van der Waals surface area contributed by atoms with Crippen LogP contribution in [0.4, 0.5) is 8.78 Å². The minimum absolute atomic E-state index is 0.256.